The molecule has 3 aromatic rings. The van der Waals surface area contributed by atoms with Gasteiger partial charge in [-0.05, 0) is 49.2 Å². The van der Waals surface area contributed by atoms with E-state index in [1.807, 2.05) is 13.8 Å². The van der Waals surface area contributed by atoms with Gasteiger partial charge in [0.2, 0.25) is 16.9 Å². The molecule has 0 N–H and O–H groups in total. The molecule has 0 spiro atoms. The van der Waals surface area contributed by atoms with Gasteiger partial charge in [-0.1, -0.05) is 29.1 Å². The van der Waals surface area contributed by atoms with Crippen molar-refractivity contribution in [2.24, 2.45) is 0 Å². The first-order valence-electron chi connectivity index (χ1n) is 8.04. The van der Waals surface area contributed by atoms with Crippen LogP contribution >= 0.6 is 11.8 Å². The summed E-state index contributed by atoms with van der Waals surface area (Å²) in [4.78, 5) is 4.33. The molecule has 0 aliphatic heterocycles. The number of benzene rings is 1. The largest absolute Gasteiger partial charge is 0.339 e. The van der Waals surface area contributed by atoms with Crippen LogP contribution in [0.15, 0.2) is 27.9 Å². The van der Waals surface area contributed by atoms with E-state index in [0.29, 0.717) is 29.3 Å². The third-order valence-electron chi connectivity index (χ3n) is 3.62. The summed E-state index contributed by atoms with van der Waals surface area (Å²) in [6, 6.07) is 5.14. The maximum Gasteiger partial charge on any atom is 0.226 e. The van der Waals surface area contributed by atoms with Gasteiger partial charge in [-0.2, -0.15) is 4.98 Å². The van der Waals surface area contributed by atoms with Crippen molar-refractivity contribution in [1.29, 1.82) is 0 Å². The highest BCUT2D eigenvalue weighted by molar-refractivity contribution is 7.99. The molecule has 0 radical (unpaired) electrons. The number of thioether (sulfide) groups is 1. The first kappa shape index (κ1) is 17.5. The minimum Gasteiger partial charge on any atom is -0.339 e. The van der Waals surface area contributed by atoms with Crippen LogP contribution in [0.2, 0.25) is 0 Å². The van der Waals surface area contributed by atoms with E-state index >= 15 is 0 Å². The fraction of sp³-hybridized carbons (Fsp3) is 0.438. The van der Waals surface area contributed by atoms with Crippen LogP contribution in [-0.4, -0.2) is 36.1 Å². The predicted molar refractivity (Wildman–Crippen MR) is 91.7 cm³/mol. The van der Waals surface area contributed by atoms with Crippen molar-refractivity contribution >= 4 is 11.8 Å². The predicted octanol–water partition coefficient (Wildman–Crippen LogP) is 3.48. The fourth-order valence-corrected chi connectivity index (χ4v) is 3.14. The maximum absolute atomic E-state index is 13.6. The van der Waals surface area contributed by atoms with Crippen LogP contribution in [0.3, 0.4) is 0 Å². The van der Waals surface area contributed by atoms with Gasteiger partial charge in [0.25, 0.3) is 0 Å². The van der Waals surface area contributed by atoms with E-state index in [2.05, 4.69) is 25.7 Å². The summed E-state index contributed by atoms with van der Waals surface area (Å²) in [5, 5.41) is 16.4. The molecular formula is C16H19FN6OS. The van der Waals surface area contributed by atoms with Gasteiger partial charge in [0.1, 0.15) is 5.82 Å². The van der Waals surface area contributed by atoms with E-state index in [0.717, 1.165) is 17.3 Å². The third-order valence-corrected chi connectivity index (χ3v) is 4.64. The van der Waals surface area contributed by atoms with Gasteiger partial charge in [-0.25, -0.2) is 9.07 Å². The molecule has 0 bridgehead atoms. The molecule has 2 aromatic heterocycles. The van der Waals surface area contributed by atoms with Gasteiger partial charge in [0.05, 0.1) is 6.04 Å². The normalized spacial score (nSPS) is 11.4. The Morgan fingerprint density at radius 2 is 2.16 bits per heavy atom. The number of tetrazole rings is 1. The van der Waals surface area contributed by atoms with Crippen molar-refractivity contribution in [3.63, 3.8) is 0 Å². The SMILES string of the molecule is Cc1ccc(-c2noc(CCCSc3nnnn3C(C)C)n2)cc1F. The van der Waals surface area contributed by atoms with Gasteiger partial charge < -0.3 is 4.52 Å². The van der Waals surface area contributed by atoms with E-state index in [1.165, 1.54) is 6.07 Å². The lowest BCUT2D eigenvalue weighted by Crippen LogP contribution is -2.05. The molecule has 2 heterocycles. The second-order valence-electron chi connectivity index (χ2n) is 5.93. The van der Waals surface area contributed by atoms with E-state index in [1.54, 1.807) is 35.5 Å². The van der Waals surface area contributed by atoms with E-state index in [9.17, 15) is 4.39 Å². The number of nitrogens with zero attached hydrogens (tertiary/aromatic N) is 6. The van der Waals surface area contributed by atoms with Crippen molar-refractivity contribution in [2.45, 2.75) is 44.8 Å². The molecule has 25 heavy (non-hydrogen) atoms. The molecule has 0 saturated heterocycles. The van der Waals surface area contributed by atoms with Crippen LogP contribution in [0.25, 0.3) is 11.4 Å². The van der Waals surface area contributed by atoms with Crippen molar-refractivity contribution in [1.82, 2.24) is 30.3 Å². The number of aromatic nitrogens is 6. The maximum atomic E-state index is 13.6. The molecule has 0 saturated carbocycles. The summed E-state index contributed by atoms with van der Waals surface area (Å²) in [5.74, 6) is 1.51. The molecule has 0 aliphatic rings. The van der Waals surface area contributed by atoms with Crippen LogP contribution in [0, 0.1) is 12.7 Å². The number of hydrogen-bond donors (Lipinski definition) is 0. The Morgan fingerprint density at radius 3 is 2.92 bits per heavy atom. The van der Waals surface area contributed by atoms with Gasteiger partial charge in [-0.3, -0.25) is 0 Å². The smallest absolute Gasteiger partial charge is 0.226 e. The number of halogens is 1. The molecule has 0 amide bonds. The molecule has 7 nitrogen and oxygen atoms in total. The fourth-order valence-electron chi connectivity index (χ4n) is 2.20. The van der Waals surface area contributed by atoms with Gasteiger partial charge in [-0.15, -0.1) is 5.10 Å². The first-order chi connectivity index (χ1) is 12.0. The van der Waals surface area contributed by atoms with Gasteiger partial charge in [0, 0.05) is 17.7 Å². The second-order valence-corrected chi connectivity index (χ2v) is 6.99. The van der Waals surface area contributed by atoms with Crippen LogP contribution in [0.4, 0.5) is 4.39 Å². The molecule has 1 aromatic carbocycles. The van der Waals surface area contributed by atoms with Gasteiger partial charge >= 0.3 is 0 Å². The zero-order valence-corrected chi connectivity index (χ0v) is 15.1. The van der Waals surface area contributed by atoms with Crippen LogP contribution in [0.1, 0.15) is 37.8 Å². The Balaban J connectivity index is 1.53. The standard InChI is InChI=1S/C16H19FN6OS/c1-10(2)23-16(19-21-22-23)25-8-4-5-14-18-15(20-24-14)12-7-6-11(3)13(17)9-12/h6-7,9-10H,4-5,8H2,1-3H3. The lowest BCUT2D eigenvalue weighted by atomic mass is 10.1. The zero-order chi connectivity index (χ0) is 17.8. The third kappa shape index (κ3) is 4.22. The first-order valence-corrected chi connectivity index (χ1v) is 9.03. The van der Waals surface area contributed by atoms with E-state index < -0.39 is 0 Å². The summed E-state index contributed by atoms with van der Waals surface area (Å²) in [6.07, 6.45) is 1.50. The molecule has 0 fully saturated rings. The molecular weight excluding hydrogens is 343 g/mol. The highest BCUT2D eigenvalue weighted by Gasteiger charge is 2.12. The van der Waals surface area contributed by atoms with Gasteiger partial charge in [0.15, 0.2) is 0 Å². The Kier molecular flexibility index (Phi) is 5.42. The molecule has 3 rings (SSSR count). The van der Waals surface area contributed by atoms with Crippen molar-refractivity contribution in [3.8, 4) is 11.4 Å². The van der Waals surface area contributed by atoms with Crippen molar-refractivity contribution < 1.29 is 8.91 Å². The summed E-state index contributed by atoms with van der Waals surface area (Å²) >= 11 is 1.60. The summed E-state index contributed by atoms with van der Waals surface area (Å²) in [6.45, 7) is 5.79. The average Bonchev–Trinajstić information content (AvgIpc) is 3.23. The number of hydrogen-bond acceptors (Lipinski definition) is 7. The summed E-state index contributed by atoms with van der Waals surface area (Å²) in [7, 11) is 0. The highest BCUT2D eigenvalue weighted by Crippen LogP contribution is 2.21. The van der Waals surface area contributed by atoms with E-state index in [-0.39, 0.29) is 11.9 Å². The summed E-state index contributed by atoms with van der Waals surface area (Å²) in [5.41, 5.74) is 1.21. The number of rotatable bonds is 7. The number of aryl methyl sites for hydroxylation is 2. The highest BCUT2D eigenvalue weighted by atomic mass is 32.2. The van der Waals surface area contributed by atoms with Crippen LogP contribution < -0.4 is 0 Å². The zero-order valence-electron chi connectivity index (χ0n) is 14.3. The van der Waals surface area contributed by atoms with Crippen molar-refractivity contribution in [2.75, 3.05) is 5.75 Å². The van der Waals surface area contributed by atoms with Crippen molar-refractivity contribution in [3.05, 3.63) is 35.5 Å². The molecule has 0 aliphatic carbocycles. The Bertz CT molecular complexity index is 847. The molecule has 0 unspecified atom stereocenters. The Labute approximate surface area is 149 Å². The minimum atomic E-state index is -0.275. The molecule has 132 valence electrons. The lowest BCUT2D eigenvalue weighted by Gasteiger charge is -2.06. The van der Waals surface area contributed by atoms with Crippen LogP contribution in [0.5, 0.6) is 0 Å². The van der Waals surface area contributed by atoms with Crippen LogP contribution in [-0.2, 0) is 6.42 Å². The lowest BCUT2D eigenvalue weighted by molar-refractivity contribution is 0.378. The van der Waals surface area contributed by atoms with E-state index in [4.69, 9.17) is 4.52 Å². The summed E-state index contributed by atoms with van der Waals surface area (Å²) < 4.78 is 20.7. The monoisotopic (exact) mass is 362 g/mol. The molecule has 9 heteroatoms. The average molecular weight is 362 g/mol. The minimum absolute atomic E-state index is 0.228. The topological polar surface area (TPSA) is 82.5 Å². The molecule has 0 atom stereocenters. The Morgan fingerprint density at radius 1 is 1.32 bits per heavy atom. The quantitative estimate of drug-likeness (QED) is 0.470. The second kappa shape index (κ2) is 7.73. The Hall–Kier alpha value is -2.29.